The smallest absolute Gasteiger partial charge is 0.263 e. The van der Waals surface area contributed by atoms with Crippen molar-refractivity contribution in [1.82, 2.24) is 4.98 Å². The lowest BCUT2D eigenvalue weighted by Gasteiger charge is -2.18. The number of aliphatic hydroxyl groups is 1. The molecule has 3 N–H and O–H groups in total. The van der Waals surface area contributed by atoms with E-state index in [0.717, 1.165) is 18.3 Å². The average molecular weight is 357 g/mol. The number of aromatic nitrogens is 1. The van der Waals surface area contributed by atoms with E-state index >= 15 is 0 Å². The Labute approximate surface area is 138 Å². The van der Waals surface area contributed by atoms with Crippen LogP contribution in [0.5, 0.6) is 0 Å². The Morgan fingerprint density at radius 3 is 2.29 bits per heavy atom. The molecule has 130 valence electrons. The highest BCUT2D eigenvalue weighted by atomic mass is 32.2. The van der Waals surface area contributed by atoms with Crippen LogP contribution in [-0.2, 0) is 10.0 Å². The van der Waals surface area contributed by atoms with Gasteiger partial charge in [0.15, 0.2) is 0 Å². The molecular weight excluding hydrogens is 340 g/mol. The van der Waals surface area contributed by atoms with Crippen molar-refractivity contribution in [2.45, 2.75) is 24.3 Å². The number of anilines is 2. The second kappa shape index (κ2) is 6.70. The molecule has 0 saturated carbocycles. The molecule has 24 heavy (non-hydrogen) atoms. The maximum absolute atomic E-state index is 13.1. The first-order valence-electron chi connectivity index (χ1n) is 6.96. The average Bonchev–Trinajstić information content (AvgIpc) is 2.43. The van der Waals surface area contributed by atoms with E-state index in [1.807, 2.05) is 0 Å². The van der Waals surface area contributed by atoms with Gasteiger partial charge in [-0.05, 0) is 38.1 Å². The van der Waals surface area contributed by atoms with Gasteiger partial charge in [0, 0.05) is 18.8 Å². The quantitative estimate of drug-likeness (QED) is 0.738. The van der Waals surface area contributed by atoms with Crippen LogP contribution >= 0.6 is 0 Å². The zero-order valence-electron chi connectivity index (χ0n) is 13.0. The van der Waals surface area contributed by atoms with Crippen LogP contribution in [0.3, 0.4) is 0 Å². The number of hydrogen-bond donors (Lipinski definition) is 3. The molecule has 0 spiro atoms. The van der Waals surface area contributed by atoms with Gasteiger partial charge in [0.05, 0.1) is 11.3 Å². The first-order valence-corrected chi connectivity index (χ1v) is 8.45. The van der Waals surface area contributed by atoms with Crippen LogP contribution < -0.4 is 10.0 Å². The van der Waals surface area contributed by atoms with E-state index in [4.69, 9.17) is 0 Å². The SMILES string of the molecule is CC(C)(O)CNc1ccc(S(=O)(=O)Nc2cc(F)cc(F)c2)cn1. The fourth-order valence-corrected chi connectivity index (χ4v) is 2.76. The van der Waals surface area contributed by atoms with Crippen molar-refractivity contribution < 1.29 is 22.3 Å². The molecule has 0 aliphatic heterocycles. The van der Waals surface area contributed by atoms with E-state index in [1.54, 1.807) is 13.8 Å². The molecule has 9 heteroatoms. The van der Waals surface area contributed by atoms with Crippen LogP contribution in [0, 0.1) is 11.6 Å². The van der Waals surface area contributed by atoms with E-state index in [-0.39, 0.29) is 17.1 Å². The third-order valence-corrected chi connectivity index (χ3v) is 4.23. The van der Waals surface area contributed by atoms with E-state index in [0.29, 0.717) is 11.9 Å². The molecule has 0 bridgehead atoms. The highest BCUT2D eigenvalue weighted by Gasteiger charge is 2.17. The van der Waals surface area contributed by atoms with Crippen molar-refractivity contribution in [3.63, 3.8) is 0 Å². The van der Waals surface area contributed by atoms with Crippen LogP contribution in [0.2, 0.25) is 0 Å². The van der Waals surface area contributed by atoms with E-state index in [1.165, 1.54) is 12.1 Å². The molecule has 0 atom stereocenters. The first-order chi connectivity index (χ1) is 11.0. The Kier molecular flexibility index (Phi) is 5.05. The molecule has 0 unspecified atom stereocenters. The molecule has 1 aromatic carbocycles. The minimum absolute atomic E-state index is 0.166. The topological polar surface area (TPSA) is 91.3 Å². The number of pyridine rings is 1. The van der Waals surface area contributed by atoms with Crippen molar-refractivity contribution in [3.8, 4) is 0 Å². The summed E-state index contributed by atoms with van der Waals surface area (Å²) in [6.45, 7) is 3.45. The van der Waals surface area contributed by atoms with E-state index in [9.17, 15) is 22.3 Å². The summed E-state index contributed by atoms with van der Waals surface area (Å²) in [6.07, 6.45) is 1.10. The van der Waals surface area contributed by atoms with Crippen molar-refractivity contribution in [1.29, 1.82) is 0 Å². The third-order valence-electron chi connectivity index (χ3n) is 2.86. The van der Waals surface area contributed by atoms with Crippen LogP contribution in [0.15, 0.2) is 41.4 Å². The molecule has 0 saturated heterocycles. The number of halogens is 2. The minimum atomic E-state index is -4.03. The van der Waals surface area contributed by atoms with Gasteiger partial charge in [-0.1, -0.05) is 0 Å². The maximum Gasteiger partial charge on any atom is 0.263 e. The van der Waals surface area contributed by atoms with Gasteiger partial charge in [0.2, 0.25) is 0 Å². The highest BCUT2D eigenvalue weighted by Crippen LogP contribution is 2.19. The van der Waals surface area contributed by atoms with Gasteiger partial charge >= 0.3 is 0 Å². The number of benzene rings is 1. The fourth-order valence-electron chi connectivity index (χ4n) is 1.78. The number of rotatable bonds is 6. The summed E-state index contributed by atoms with van der Waals surface area (Å²) in [7, 11) is -4.03. The summed E-state index contributed by atoms with van der Waals surface area (Å²) in [6, 6.07) is 5.09. The summed E-state index contributed by atoms with van der Waals surface area (Å²) >= 11 is 0. The molecule has 0 fully saturated rings. The molecule has 0 aliphatic carbocycles. The van der Waals surface area contributed by atoms with Gasteiger partial charge in [0.25, 0.3) is 10.0 Å². The second-order valence-corrected chi connectivity index (χ2v) is 7.49. The summed E-state index contributed by atoms with van der Waals surface area (Å²) < 4.78 is 52.7. The molecule has 2 rings (SSSR count). The molecular formula is C15H17F2N3O3S. The zero-order valence-corrected chi connectivity index (χ0v) is 13.9. The Balaban J connectivity index is 2.14. The zero-order chi connectivity index (χ0) is 18.0. The monoisotopic (exact) mass is 357 g/mol. The standard InChI is InChI=1S/C15H17F2N3O3S/c1-15(2,21)9-19-14-4-3-13(8-18-14)24(22,23)20-12-6-10(16)5-11(17)7-12/h3-8,20-21H,9H2,1-2H3,(H,18,19). The molecule has 2 aromatic rings. The lowest BCUT2D eigenvalue weighted by atomic mass is 10.1. The molecule has 0 radical (unpaired) electrons. The Morgan fingerprint density at radius 1 is 1.17 bits per heavy atom. The van der Waals surface area contributed by atoms with Crippen molar-refractivity contribution in [2.24, 2.45) is 0 Å². The van der Waals surface area contributed by atoms with Gasteiger partial charge in [-0.3, -0.25) is 4.72 Å². The lowest BCUT2D eigenvalue weighted by molar-refractivity contribution is 0.0944. The van der Waals surface area contributed by atoms with Crippen LogP contribution in [-0.4, -0.2) is 30.7 Å². The lowest BCUT2D eigenvalue weighted by Crippen LogP contribution is -2.29. The maximum atomic E-state index is 13.1. The van der Waals surface area contributed by atoms with Gasteiger partial charge in [-0.15, -0.1) is 0 Å². The van der Waals surface area contributed by atoms with Gasteiger partial charge in [-0.2, -0.15) is 0 Å². The largest absolute Gasteiger partial charge is 0.389 e. The minimum Gasteiger partial charge on any atom is -0.389 e. The van der Waals surface area contributed by atoms with Crippen LogP contribution in [0.25, 0.3) is 0 Å². The summed E-state index contributed by atoms with van der Waals surface area (Å²) in [4.78, 5) is 3.77. The number of nitrogens with zero attached hydrogens (tertiary/aromatic N) is 1. The van der Waals surface area contributed by atoms with Crippen molar-refractivity contribution in [3.05, 3.63) is 48.2 Å². The summed E-state index contributed by atoms with van der Waals surface area (Å²) in [5.74, 6) is -1.40. The highest BCUT2D eigenvalue weighted by molar-refractivity contribution is 7.92. The Hall–Kier alpha value is -2.26. The number of nitrogens with one attached hydrogen (secondary N) is 2. The van der Waals surface area contributed by atoms with Gasteiger partial charge in [-0.25, -0.2) is 22.2 Å². The van der Waals surface area contributed by atoms with E-state index in [2.05, 4.69) is 15.0 Å². The predicted octanol–water partition coefficient (Wildman–Crippen LogP) is 2.34. The normalized spacial score (nSPS) is 12.0. The molecule has 0 aliphatic rings. The first kappa shape index (κ1) is 18.1. The Bertz CT molecular complexity index is 799. The summed E-state index contributed by atoms with van der Waals surface area (Å²) in [5.41, 5.74) is -1.17. The summed E-state index contributed by atoms with van der Waals surface area (Å²) in [5, 5.41) is 12.5. The number of sulfonamides is 1. The van der Waals surface area contributed by atoms with Crippen molar-refractivity contribution >= 4 is 21.5 Å². The third kappa shape index (κ3) is 5.14. The van der Waals surface area contributed by atoms with Gasteiger partial charge < -0.3 is 10.4 Å². The Morgan fingerprint density at radius 2 is 1.79 bits per heavy atom. The van der Waals surface area contributed by atoms with Gasteiger partial charge in [0.1, 0.15) is 22.3 Å². The molecule has 1 heterocycles. The van der Waals surface area contributed by atoms with Crippen LogP contribution in [0.1, 0.15) is 13.8 Å². The second-order valence-electron chi connectivity index (χ2n) is 5.81. The molecule has 1 aromatic heterocycles. The van der Waals surface area contributed by atoms with E-state index < -0.39 is 27.3 Å². The number of hydrogen-bond acceptors (Lipinski definition) is 5. The van der Waals surface area contributed by atoms with Crippen molar-refractivity contribution in [2.75, 3.05) is 16.6 Å². The molecule has 0 amide bonds. The predicted molar refractivity (Wildman–Crippen MR) is 86.2 cm³/mol. The van der Waals surface area contributed by atoms with Crippen LogP contribution in [0.4, 0.5) is 20.3 Å². The fraction of sp³-hybridized carbons (Fsp3) is 0.267. The molecule has 6 nitrogen and oxygen atoms in total.